The Kier molecular flexibility index (Phi) is 6.65. The minimum atomic E-state index is -2.03. The lowest BCUT2D eigenvalue weighted by atomic mass is 10.4. The smallest absolute Gasteiger partial charge is 0.107 e. The first-order valence-electron chi connectivity index (χ1n) is 10.0. The summed E-state index contributed by atoms with van der Waals surface area (Å²) in [5.74, 6) is 0. The standard InChI is InChI=1S/C22H37ISi4/c1-24(2,3)22(25(4,5)6,26(7,8)9)27(23,20-16-12-10-13-17-20)21-18-14-11-15-19-21/h10-19H,1-9H3. The molecule has 0 amide bonds. The molecular weight excluding hydrogens is 503 g/mol. The summed E-state index contributed by atoms with van der Waals surface area (Å²) in [4.78, 5) is 0. The summed E-state index contributed by atoms with van der Waals surface area (Å²) in [5, 5.41) is 3.26. The molecule has 0 fully saturated rings. The predicted octanol–water partition coefficient (Wildman–Crippen LogP) is 6.55. The van der Waals surface area contributed by atoms with Crippen molar-refractivity contribution in [2.45, 2.75) is 62.8 Å². The molecule has 0 atom stereocenters. The molecule has 0 saturated carbocycles. The van der Waals surface area contributed by atoms with Crippen LogP contribution in [0.4, 0.5) is 0 Å². The Morgan fingerprint density at radius 2 is 0.778 bits per heavy atom. The van der Waals surface area contributed by atoms with Crippen molar-refractivity contribution in [3.05, 3.63) is 60.7 Å². The van der Waals surface area contributed by atoms with Crippen LogP contribution in [0.5, 0.6) is 0 Å². The van der Waals surface area contributed by atoms with Crippen molar-refractivity contribution >= 4 is 62.0 Å². The van der Waals surface area contributed by atoms with E-state index in [1.165, 1.54) is 0 Å². The highest BCUT2D eigenvalue weighted by atomic mass is 127. The van der Waals surface area contributed by atoms with Gasteiger partial charge in [-0.1, -0.05) is 120 Å². The van der Waals surface area contributed by atoms with Crippen LogP contribution in [0.25, 0.3) is 0 Å². The highest BCUT2D eigenvalue weighted by Crippen LogP contribution is 2.61. The van der Waals surface area contributed by atoms with Gasteiger partial charge in [0.05, 0.1) is 0 Å². The second-order valence-corrected chi connectivity index (χ2v) is 37.7. The largest absolute Gasteiger partial charge is 0.184 e. The Morgan fingerprint density at radius 1 is 0.519 bits per heavy atom. The van der Waals surface area contributed by atoms with Gasteiger partial charge in [-0.2, -0.15) is 0 Å². The van der Waals surface area contributed by atoms with Crippen LogP contribution in [0.3, 0.4) is 0 Å². The maximum Gasteiger partial charge on any atom is 0.184 e. The van der Waals surface area contributed by atoms with E-state index in [1.54, 1.807) is 10.4 Å². The van der Waals surface area contributed by atoms with Gasteiger partial charge in [0, 0.05) is 24.2 Å². The first-order valence-corrected chi connectivity index (χ1v) is 25.6. The topological polar surface area (TPSA) is 0 Å². The summed E-state index contributed by atoms with van der Waals surface area (Å²) in [6, 6.07) is 23.2. The third kappa shape index (κ3) is 3.67. The van der Waals surface area contributed by atoms with E-state index in [-0.39, 0.29) is 0 Å². The zero-order valence-electron chi connectivity index (χ0n) is 18.7. The zero-order valence-corrected chi connectivity index (χ0v) is 24.8. The predicted molar refractivity (Wildman–Crippen MR) is 145 cm³/mol. The van der Waals surface area contributed by atoms with Crippen LogP contribution in [-0.2, 0) is 0 Å². The van der Waals surface area contributed by atoms with Crippen molar-refractivity contribution in [1.29, 1.82) is 0 Å². The van der Waals surface area contributed by atoms with Gasteiger partial charge in [0.1, 0.15) is 0 Å². The SMILES string of the molecule is C[Si](C)(C)C([Si](C)(C)C)([Si](C)(C)C)[Si](I)(c1ccccc1)c1ccccc1. The van der Waals surface area contributed by atoms with E-state index >= 15 is 0 Å². The maximum atomic E-state index is 3.04. The monoisotopic (exact) mass is 540 g/mol. The molecule has 0 aliphatic carbocycles. The fourth-order valence-electron chi connectivity index (χ4n) is 6.86. The van der Waals surface area contributed by atoms with Crippen molar-refractivity contribution in [3.63, 3.8) is 0 Å². The van der Waals surface area contributed by atoms with E-state index in [9.17, 15) is 0 Å². The number of rotatable bonds is 6. The molecule has 0 N–H and O–H groups in total. The minimum absolute atomic E-state index is 0.517. The van der Waals surface area contributed by atoms with Gasteiger partial charge in [-0.15, -0.1) is 21.8 Å². The minimum Gasteiger partial charge on any atom is -0.107 e. The van der Waals surface area contributed by atoms with Gasteiger partial charge in [0.2, 0.25) is 0 Å². The zero-order chi connectivity index (χ0) is 20.7. The van der Waals surface area contributed by atoms with E-state index < -0.39 is 29.8 Å². The van der Waals surface area contributed by atoms with Crippen LogP contribution < -0.4 is 10.4 Å². The molecular formula is C22H37ISi4. The second-order valence-electron chi connectivity index (χ2n) is 10.9. The summed E-state index contributed by atoms with van der Waals surface area (Å²) < 4.78 is 0.517. The molecule has 0 aliphatic rings. The molecule has 0 unspecified atom stereocenters. The number of hydrogen-bond acceptors (Lipinski definition) is 0. The lowest BCUT2D eigenvalue weighted by Crippen LogP contribution is -2.82. The van der Waals surface area contributed by atoms with Gasteiger partial charge in [0.15, 0.2) is 5.57 Å². The Balaban J connectivity index is 3.11. The lowest BCUT2D eigenvalue weighted by molar-refractivity contribution is 1.22. The third-order valence-corrected chi connectivity index (χ3v) is 50.6. The number of benzene rings is 2. The summed E-state index contributed by atoms with van der Waals surface area (Å²) in [5.41, 5.74) is -2.03. The normalized spacial score (nSPS) is 14.3. The van der Waals surface area contributed by atoms with Crippen LogP contribution in [0.2, 0.25) is 62.8 Å². The van der Waals surface area contributed by atoms with Crippen molar-refractivity contribution in [1.82, 2.24) is 0 Å². The Labute approximate surface area is 184 Å². The van der Waals surface area contributed by atoms with Gasteiger partial charge in [-0.3, -0.25) is 0 Å². The van der Waals surface area contributed by atoms with Crippen molar-refractivity contribution in [3.8, 4) is 0 Å². The van der Waals surface area contributed by atoms with Crippen LogP contribution in [-0.4, -0.2) is 29.8 Å². The second kappa shape index (κ2) is 7.70. The first kappa shape index (κ1) is 23.3. The number of hydrogen-bond donors (Lipinski definition) is 0. The quantitative estimate of drug-likeness (QED) is 0.221. The highest BCUT2D eigenvalue weighted by molar-refractivity contribution is 14.1. The van der Waals surface area contributed by atoms with Gasteiger partial charge in [-0.05, 0) is 14.3 Å². The molecule has 27 heavy (non-hydrogen) atoms. The van der Waals surface area contributed by atoms with Gasteiger partial charge in [-0.25, -0.2) is 0 Å². The Bertz CT molecular complexity index is 677. The molecule has 148 valence electrons. The van der Waals surface area contributed by atoms with E-state index in [2.05, 4.69) is 141 Å². The van der Waals surface area contributed by atoms with E-state index in [4.69, 9.17) is 0 Å². The molecule has 5 heteroatoms. The third-order valence-electron chi connectivity index (χ3n) is 6.23. The number of halogens is 1. The molecule has 2 rings (SSSR count). The Hall–Kier alpha value is 0.0375. The molecule has 0 bridgehead atoms. The summed E-state index contributed by atoms with van der Waals surface area (Å²) in [6.07, 6.45) is 0. The molecule has 0 aromatic heterocycles. The summed E-state index contributed by atoms with van der Waals surface area (Å²) >= 11 is 3.04. The summed E-state index contributed by atoms with van der Waals surface area (Å²) in [7, 11) is -4.59. The maximum absolute atomic E-state index is 3.04. The molecule has 0 heterocycles. The summed E-state index contributed by atoms with van der Waals surface area (Å²) in [6.45, 7) is 24.1. The van der Waals surface area contributed by atoms with Crippen LogP contribution >= 0.6 is 21.8 Å². The van der Waals surface area contributed by atoms with Crippen molar-refractivity contribution in [2.75, 3.05) is 0 Å². The fourth-order valence-corrected chi connectivity index (χ4v) is 75.4. The first-order chi connectivity index (χ1) is 12.2. The lowest BCUT2D eigenvalue weighted by Gasteiger charge is -2.66. The molecule has 0 radical (unpaired) electrons. The van der Waals surface area contributed by atoms with Crippen LogP contribution in [0, 0.1) is 0 Å². The van der Waals surface area contributed by atoms with Crippen molar-refractivity contribution < 1.29 is 0 Å². The average molecular weight is 541 g/mol. The van der Waals surface area contributed by atoms with Crippen LogP contribution in [0.15, 0.2) is 60.7 Å². The average Bonchev–Trinajstić information content (AvgIpc) is 2.52. The van der Waals surface area contributed by atoms with E-state index in [0.717, 1.165) is 0 Å². The Morgan fingerprint density at radius 3 is 1.00 bits per heavy atom. The van der Waals surface area contributed by atoms with Crippen LogP contribution in [0.1, 0.15) is 0 Å². The molecule has 2 aromatic rings. The molecule has 0 nitrogen and oxygen atoms in total. The van der Waals surface area contributed by atoms with Crippen molar-refractivity contribution in [2.24, 2.45) is 0 Å². The van der Waals surface area contributed by atoms with Gasteiger partial charge >= 0.3 is 0 Å². The van der Waals surface area contributed by atoms with E-state index in [1.807, 2.05) is 0 Å². The fraction of sp³-hybridized carbons (Fsp3) is 0.455. The molecule has 0 spiro atoms. The molecule has 2 aromatic carbocycles. The van der Waals surface area contributed by atoms with Gasteiger partial charge in [0.25, 0.3) is 0 Å². The highest BCUT2D eigenvalue weighted by Gasteiger charge is 2.71. The van der Waals surface area contributed by atoms with Gasteiger partial charge < -0.3 is 0 Å². The van der Waals surface area contributed by atoms with E-state index in [0.29, 0.717) is 3.91 Å². The molecule has 0 saturated heterocycles. The molecule has 0 aliphatic heterocycles.